The van der Waals surface area contributed by atoms with Gasteiger partial charge in [0.05, 0.1) is 18.2 Å². The highest BCUT2D eigenvalue weighted by Gasteiger charge is 2.65. The zero-order valence-electron chi connectivity index (χ0n) is 22.8. The van der Waals surface area contributed by atoms with E-state index in [0.29, 0.717) is 44.1 Å². The molecule has 1 saturated heterocycles. The summed E-state index contributed by atoms with van der Waals surface area (Å²) in [6, 6.07) is 18.2. The molecule has 0 amide bonds. The van der Waals surface area contributed by atoms with Gasteiger partial charge in [0.25, 0.3) is 0 Å². The number of hydrogen-bond acceptors (Lipinski definition) is 7. The third-order valence-corrected chi connectivity index (χ3v) is 8.28. The Balaban J connectivity index is 1.08. The monoisotopic (exact) mass is 578 g/mol. The minimum Gasteiger partial charge on any atom is -0.493 e. The van der Waals surface area contributed by atoms with Crippen molar-refractivity contribution >= 4 is 11.9 Å². The Bertz CT molecular complexity index is 1590. The van der Waals surface area contributed by atoms with Crippen LogP contribution in [-0.4, -0.2) is 45.7 Å². The van der Waals surface area contributed by atoms with Crippen LogP contribution in [0.25, 0.3) is 11.5 Å². The number of carbonyl (C=O) groups is 1. The Hall–Kier alpha value is -4.41. The number of carboxylic acid groups (broad SMARTS) is 1. The van der Waals surface area contributed by atoms with Crippen molar-refractivity contribution < 1.29 is 32.2 Å². The number of aromatic nitrogens is 3. The first-order chi connectivity index (χ1) is 20.1. The van der Waals surface area contributed by atoms with Gasteiger partial charge in [-0.3, -0.25) is 4.79 Å². The van der Waals surface area contributed by atoms with Crippen LogP contribution >= 0.6 is 0 Å². The molecule has 6 rings (SSSR count). The Labute approximate surface area is 240 Å². The van der Waals surface area contributed by atoms with E-state index in [4.69, 9.17) is 9.15 Å². The number of anilines is 1. The Morgan fingerprint density at radius 3 is 2.71 bits per heavy atom. The molecule has 3 atom stereocenters. The van der Waals surface area contributed by atoms with Gasteiger partial charge in [-0.1, -0.05) is 30.3 Å². The Morgan fingerprint density at radius 1 is 1.14 bits per heavy atom. The summed E-state index contributed by atoms with van der Waals surface area (Å²) in [5.41, 5.74) is 1.17. The van der Waals surface area contributed by atoms with Gasteiger partial charge in [-0.05, 0) is 61.6 Å². The number of hydrogen-bond donors (Lipinski definition) is 1. The molecule has 0 radical (unpaired) electrons. The maximum atomic E-state index is 13.2. The predicted octanol–water partition coefficient (Wildman–Crippen LogP) is 5.85. The Morgan fingerprint density at radius 2 is 1.95 bits per heavy atom. The fraction of sp³-hybridized carbons (Fsp3) is 0.355. The number of halogens is 3. The van der Waals surface area contributed by atoms with Crippen molar-refractivity contribution in [1.29, 1.82) is 0 Å². The highest BCUT2D eigenvalue weighted by Crippen LogP contribution is 2.62. The average Bonchev–Trinajstić information content (AvgIpc) is 3.29. The van der Waals surface area contributed by atoms with E-state index < -0.39 is 29.2 Å². The van der Waals surface area contributed by atoms with Crippen LogP contribution in [0.5, 0.6) is 5.75 Å². The molecule has 4 aromatic rings. The first-order valence-corrected chi connectivity index (χ1v) is 13.7. The number of ether oxygens (including phenoxy) is 1. The number of aliphatic carboxylic acids is 1. The largest absolute Gasteiger partial charge is 0.493 e. The lowest BCUT2D eigenvalue weighted by Gasteiger charge is -2.17. The summed E-state index contributed by atoms with van der Waals surface area (Å²) < 4.78 is 51.4. The SMILES string of the molecule is Cc1oc(-c2ccccc2)nc1CCOc1cccc(C[C@@H]2CC23CN(c2nccc(C(F)(F)F)n2)CC3C(=O)O)c1. The van der Waals surface area contributed by atoms with Gasteiger partial charge >= 0.3 is 12.1 Å². The highest BCUT2D eigenvalue weighted by molar-refractivity contribution is 5.74. The molecular weight excluding hydrogens is 549 g/mol. The minimum atomic E-state index is -4.60. The maximum Gasteiger partial charge on any atom is 0.433 e. The average molecular weight is 579 g/mol. The van der Waals surface area contributed by atoms with E-state index in [2.05, 4.69) is 15.0 Å². The van der Waals surface area contributed by atoms with Crippen LogP contribution in [0.15, 0.2) is 71.3 Å². The first-order valence-electron chi connectivity index (χ1n) is 13.7. The zero-order valence-corrected chi connectivity index (χ0v) is 22.8. The molecule has 2 aromatic heterocycles. The molecule has 1 N–H and O–H groups in total. The number of benzene rings is 2. The summed E-state index contributed by atoms with van der Waals surface area (Å²) in [7, 11) is 0. The van der Waals surface area contributed by atoms with Gasteiger partial charge in [-0.2, -0.15) is 13.2 Å². The van der Waals surface area contributed by atoms with Crippen molar-refractivity contribution in [3.05, 3.63) is 89.6 Å². The molecule has 3 heterocycles. The number of oxazole rings is 1. The lowest BCUT2D eigenvalue weighted by atomic mass is 9.88. The normalized spacial score (nSPS) is 21.6. The molecule has 2 unspecified atom stereocenters. The van der Waals surface area contributed by atoms with Gasteiger partial charge in [0.15, 0.2) is 0 Å². The zero-order chi connectivity index (χ0) is 29.5. The summed E-state index contributed by atoms with van der Waals surface area (Å²) in [4.78, 5) is 26.1. The molecule has 218 valence electrons. The van der Waals surface area contributed by atoms with Gasteiger partial charge < -0.3 is 19.2 Å². The molecular formula is C31H29F3N4O4. The van der Waals surface area contributed by atoms with Gasteiger partial charge in [-0.15, -0.1) is 0 Å². The Kier molecular flexibility index (Phi) is 7.12. The van der Waals surface area contributed by atoms with E-state index in [-0.39, 0.29) is 18.4 Å². The van der Waals surface area contributed by atoms with E-state index in [9.17, 15) is 23.1 Å². The van der Waals surface area contributed by atoms with Crippen LogP contribution in [0.2, 0.25) is 0 Å². The lowest BCUT2D eigenvalue weighted by molar-refractivity contribution is -0.143. The van der Waals surface area contributed by atoms with Crippen molar-refractivity contribution in [2.75, 3.05) is 24.6 Å². The highest BCUT2D eigenvalue weighted by atomic mass is 19.4. The number of carboxylic acids is 1. The molecule has 0 bridgehead atoms. The molecule has 42 heavy (non-hydrogen) atoms. The van der Waals surface area contributed by atoms with Gasteiger partial charge in [0.1, 0.15) is 17.2 Å². The summed E-state index contributed by atoms with van der Waals surface area (Å²) in [5, 5.41) is 9.96. The molecule has 1 aliphatic heterocycles. The lowest BCUT2D eigenvalue weighted by Crippen LogP contribution is -2.25. The minimum absolute atomic E-state index is 0.0684. The third kappa shape index (κ3) is 5.55. The summed E-state index contributed by atoms with van der Waals surface area (Å²) >= 11 is 0. The van der Waals surface area contributed by atoms with E-state index in [1.807, 2.05) is 61.5 Å². The van der Waals surface area contributed by atoms with Crippen molar-refractivity contribution in [3.8, 4) is 17.2 Å². The molecule has 1 spiro atoms. The number of nitrogens with zero attached hydrogens (tertiary/aromatic N) is 4. The van der Waals surface area contributed by atoms with Crippen molar-refractivity contribution in [2.24, 2.45) is 17.3 Å². The predicted molar refractivity (Wildman–Crippen MR) is 147 cm³/mol. The van der Waals surface area contributed by atoms with Gasteiger partial charge in [0.2, 0.25) is 11.8 Å². The van der Waals surface area contributed by atoms with E-state index in [1.54, 1.807) is 4.90 Å². The second kappa shape index (κ2) is 10.8. The van der Waals surface area contributed by atoms with Crippen molar-refractivity contribution in [3.63, 3.8) is 0 Å². The van der Waals surface area contributed by atoms with Crippen molar-refractivity contribution in [1.82, 2.24) is 15.0 Å². The van der Waals surface area contributed by atoms with Crippen LogP contribution in [0.1, 0.15) is 29.1 Å². The first kappa shape index (κ1) is 27.7. The molecule has 8 nitrogen and oxygen atoms in total. The second-order valence-corrected chi connectivity index (χ2v) is 11.0. The number of rotatable bonds is 9. The molecule has 1 saturated carbocycles. The topological polar surface area (TPSA) is 102 Å². The molecule has 1 aliphatic carbocycles. The van der Waals surface area contributed by atoms with Crippen molar-refractivity contribution in [2.45, 2.75) is 32.4 Å². The van der Waals surface area contributed by atoms with E-state index in [0.717, 1.165) is 34.8 Å². The second-order valence-electron chi connectivity index (χ2n) is 11.0. The molecule has 11 heteroatoms. The summed E-state index contributed by atoms with van der Waals surface area (Å²) in [6.45, 7) is 2.66. The quantitative estimate of drug-likeness (QED) is 0.264. The van der Waals surface area contributed by atoms with Crippen LogP contribution < -0.4 is 9.64 Å². The van der Waals surface area contributed by atoms with E-state index in [1.165, 1.54) is 0 Å². The van der Waals surface area contributed by atoms with Crippen LogP contribution in [0.4, 0.5) is 19.1 Å². The third-order valence-electron chi connectivity index (χ3n) is 8.28. The molecule has 2 fully saturated rings. The number of aryl methyl sites for hydroxylation is 1. The fourth-order valence-electron chi connectivity index (χ4n) is 6.04. The van der Waals surface area contributed by atoms with Crippen LogP contribution in [-0.2, 0) is 23.8 Å². The van der Waals surface area contributed by atoms with Gasteiger partial charge in [-0.25, -0.2) is 15.0 Å². The fourth-order valence-corrected chi connectivity index (χ4v) is 6.04. The standard InChI is InChI=1S/C31H29F3N4O4/c1-19-25(36-27(42-19)21-7-3-2-4-8-21)11-13-41-23-9-5-6-20(15-23)14-22-16-30(22)18-38(17-24(30)28(39)40)29-35-12-10-26(37-29)31(32,33)34/h2-10,12,15,22,24H,11,13-14,16-18H2,1H3,(H,39,40)/t22-,24?,30?/m1/s1. The smallest absolute Gasteiger partial charge is 0.433 e. The van der Waals surface area contributed by atoms with Crippen LogP contribution in [0.3, 0.4) is 0 Å². The maximum absolute atomic E-state index is 13.2. The molecule has 2 aromatic carbocycles. The number of alkyl halides is 3. The van der Waals surface area contributed by atoms with Gasteiger partial charge in [0, 0.05) is 36.7 Å². The molecule has 2 aliphatic rings. The summed E-state index contributed by atoms with van der Waals surface area (Å²) in [5.74, 6) is 0.333. The summed E-state index contributed by atoms with van der Waals surface area (Å²) in [6.07, 6.45) is -1.66. The van der Waals surface area contributed by atoms with Crippen LogP contribution in [0, 0.1) is 24.2 Å². The van der Waals surface area contributed by atoms with E-state index >= 15 is 0 Å².